The van der Waals surface area contributed by atoms with Crippen LogP contribution in [0.25, 0.3) is 0 Å². The van der Waals surface area contributed by atoms with E-state index in [4.69, 9.17) is 0 Å². The number of rotatable bonds is 7. The highest BCUT2D eigenvalue weighted by molar-refractivity contribution is 7.88. The van der Waals surface area contributed by atoms with E-state index in [9.17, 15) is 18.3 Å². The molecular formula is C14H21NO5S. The number of benzene rings is 1. The summed E-state index contributed by atoms with van der Waals surface area (Å²) in [6, 6.07) is 6.16. The van der Waals surface area contributed by atoms with Gasteiger partial charge in [0, 0.05) is 0 Å². The molecule has 0 heterocycles. The van der Waals surface area contributed by atoms with E-state index in [1.54, 1.807) is 26.0 Å². The molecule has 0 aliphatic carbocycles. The van der Waals surface area contributed by atoms with Gasteiger partial charge in [0.1, 0.15) is 0 Å². The van der Waals surface area contributed by atoms with Crippen LogP contribution in [0.4, 0.5) is 0 Å². The highest BCUT2D eigenvalue weighted by Gasteiger charge is 2.27. The van der Waals surface area contributed by atoms with Crippen molar-refractivity contribution in [1.29, 1.82) is 0 Å². The molecule has 7 heteroatoms. The number of methoxy groups -OCH3 is 1. The molecule has 0 bridgehead atoms. The van der Waals surface area contributed by atoms with Crippen molar-refractivity contribution < 1.29 is 23.1 Å². The van der Waals surface area contributed by atoms with Crippen molar-refractivity contribution in [3.63, 3.8) is 0 Å². The molecule has 0 saturated heterocycles. The largest absolute Gasteiger partial charge is 0.465 e. The van der Waals surface area contributed by atoms with Crippen LogP contribution in [0.1, 0.15) is 36.2 Å². The summed E-state index contributed by atoms with van der Waals surface area (Å²) in [6.45, 7) is 3.17. The summed E-state index contributed by atoms with van der Waals surface area (Å²) in [5, 5.41) is 9.26. The van der Waals surface area contributed by atoms with Gasteiger partial charge in [-0.05, 0) is 31.0 Å². The van der Waals surface area contributed by atoms with Gasteiger partial charge in [0.25, 0.3) is 0 Å². The Labute approximate surface area is 125 Å². The number of nitrogens with one attached hydrogen (secondary N) is 1. The smallest absolute Gasteiger partial charge is 0.337 e. The molecule has 0 radical (unpaired) electrons. The van der Waals surface area contributed by atoms with E-state index in [-0.39, 0.29) is 12.4 Å². The Kier molecular flexibility index (Phi) is 5.88. The van der Waals surface area contributed by atoms with Crippen molar-refractivity contribution in [2.75, 3.05) is 13.7 Å². The van der Waals surface area contributed by atoms with Gasteiger partial charge in [-0.3, -0.25) is 0 Å². The van der Waals surface area contributed by atoms with Crippen molar-refractivity contribution in [1.82, 2.24) is 4.72 Å². The lowest BCUT2D eigenvalue weighted by Gasteiger charge is -2.26. The van der Waals surface area contributed by atoms with Crippen LogP contribution in [0.3, 0.4) is 0 Å². The maximum Gasteiger partial charge on any atom is 0.337 e. The summed E-state index contributed by atoms with van der Waals surface area (Å²) in [5.74, 6) is -0.689. The molecule has 0 spiro atoms. The van der Waals surface area contributed by atoms with Gasteiger partial charge in [-0.1, -0.05) is 19.1 Å². The number of aliphatic hydroxyl groups is 1. The van der Waals surface area contributed by atoms with E-state index in [1.165, 1.54) is 19.2 Å². The molecule has 1 atom stereocenters. The van der Waals surface area contributed by atoms with Crippen molar-refractivity contribution in [3.05, 3.63) is 35.4 Å². The lowest BCUT2D eigenvalue weighted by Crippen LogP contribution is -2.48. The SMILES string of the molecule is CCC(C)(CO)NS(=O)(=O)Cc1ccc(C(=O)OC)cc1. The Balaban J connectivity index is 2.83. The lowest BCUT2D eigenvalue weighted by molar-refractivity contribution is 0.0600. The summed E-state index contributed by atoms with van der Waals surface area (Å²) in [6.07, 6.45) is 0.476. The quantitative estimate of drug-likeness (QED) is 0.734. The van der Waals surface area contributed by atoms with E-state index in [0.29, 0.717) is 17.5 Å². The third kappa shape index (κ3) is 5.11. The number of ether oxygens (including phenoxy) is 1. The molecule has 0 aliphatic heterocycles. The van der Waals surface area contributed by atoms with Gasteiger partial charge in [0.15, 0.2) is 0 Å². The monoisotopic (exact) mass is 315 g/mol. The predicted octanol–water partition coefficient (Wildman–Crippen LogP) is 1.05. The maximum absolute atomic E-state index is 12.1. The van der Waals surface area contributed by atoms with Crippen LogP contribution in [0, 0.1) is 0 Å². The lowest BCUT2D eigenvalue weighted by atomic mass is 10.0. The second-order valence-electron chi connectivity index (χ2n) is 5.12. The van der Waals surface area contributed by atoms with E-state index in [1.807, 2.05) is 0 Å². The predicted molar refractivity (Wildman–Crippen MR) is 79.3 cm³/mol. The van der Waals surface area contributed by atoms with Crippen molar-refractivity contribution in [3.8, 4) is 0 Å². The molecule has 1 rings (SSSR count). The zero-order valence-electron chi connectivity index (χ0n) is 12.4. The first-order valence-corrected chi connectivity index (χ1v) is 8.20. The van der Waals surface area contributed by atoms with E-state index >= 15 is 0 Å². The molecule has 1 unspecified atom stereocenters. The second-order valence-corrected chi connectivity index (χ2v) is 6.84. The highest BCUT2D eigenvalue weighted by atomic mass is 32.2. The van der Waals surface area contributed by atoms with Gasteiger partial charge in [0.05, 0.1) is 30.6 Å². The van der Waals surface area contributed by atoms with E-state index in [0.717, 1.165) is 0 Å². The van der Waals surface area contributed by atoms with Gasteiger partial charge in [-0.2, -0.15) is 0 Å². The van der Waals surface area contributed by atoms with Crippen LogP contribution in [0.2, 0.25) is 0 Å². The first-order chi connectivity index (χ1) is 9.75. The summed E-state index contributed by atoms with van der Waals surface area (Å²) in [4.78, 5) is 11.3. The molecular weight excluding hydrogens is 294 g/mol. The van der Waals surface area contributed by atoms with Gasteiger partial charge < -0.3 is 9.84 Å². The number of carbonyl (C=O) groups excluding carboxylic acids is 1. The Bertz CT molecular complexity index is 576. The zero-order valence-corrected chi connectivity index (χ0v) is 13.2. The van der Waals surface area contributed by atoms with Crippen molar-refractivity contribution in [2.45, 2.75) is 31.6 Å². The molecule has 0 aromatic heterocycles. The average molecular weight is 315 g/mol. The highest BCUT2D eigenvalue weighted by Crippen LogP contribution is 2.14. The Morgan fingerprint density at radius 3 is 2.33 bits per heavy atom. The number of aliphatic hydroxyl groups excluding tert-OH is 1. The molecule has 2 N–H and O–H groups in total. The van der Waals surface area contributed by atoms with Crippen LogP contribution < -0.4 is 4.72 Å². The maximum atomic E-state index is 12.1. The van der Waals surface area contributed by atoms with Crippen LogP contribution in [0.5, 0.6) is 0 Å². The number of esters is 1. The van der Waals surface area contributed by atoms with Crippen LogP contribution in [-0.4, -0.2) is 38.7 Å². The van der Waals surface area contributed by atoms with Crippen LogP contribution in [0.15, 0.2) is 24.3 Å². The molecule has 0 saturated carbocycles. The Hall–Kier alpha value is -1.44. The molecule has 0 aliphatic rings. The topological polar surface area (TPSA) is 92.7 Å². The minimum Gasteiger partial charge on any atom is -0.465 e. The van der Waals surface area contributed by atoms with Gasteiger partial charge in [-0.25, -0.2) is 17.9 Å². The number of sulfonamides is 1. The van der Waals surface area contributed by atoms with Crippen molar-refractivity contribution >= 4 is 16.0 Å². The van der Waals surface area contributed by atoms with E-state index < -0.39 is 21.5 Å². The molecule has 118 valence electrons. The van der Waals surface area contributed by atoms with Gasteiger partial charge in [0.2, 0.25) is 10.0 Å². The average Bonchev–Trinajstić information content (AvgIpc) is 2.46. The zero-order chi connectivity index (χ0) is 16.1. The fourth-order valence-electron chi connectivity index (χ4n) is 1.70. The molecule has 1 aromatic carbocycles. The van der Waals surface area contributed by atoms with Gasteiger partial charge >= 0.3 is 5.97 Å². The summed E-state index contributed by atoms with van der Waals surface area (Å²) < 4.78 is 31.3. The first kappa shape index (κ1) is 17.6. The summed E-state index contributed by atoms with van der Waals surface area (Å²) in [5.41, 5.74) is 0.0389. The van der Waals surface area contributed by atoms with Crippen LogP contribution in [-0.2, 0) is 20.5 Å². The third-order valence-electron chi connectivity index (χ3n) is 3.26. The molecule has 21 heavy (non-hydrogen) atoms. The minimum atomic E-state index is -3.58. The molecule has 0 amide bonds. The van der Waals surface area contributed by atoms with Crippen molar-refractivity contribution in [2.24, 2.45) is 0 Å². The standard InChI is InChI=1S/C14H21NO5S/c1-4-14(2,10-16)15-21(18,19)9-11-5-7-12(8-6-11)13(17)20-3/h5-8,15-16H,4,9-10H2,1-3H3. The minimum absolute atomic E-state index is 0.218. The summed E-state index contributed by atoms with van der Waals surface area (Å²) >= 11 is 0. The number of carbonyl (C=O) groups is 1. The normalized spacial score (nSPS) is 14.5. The van der Waals surface area contributed by atoms with E-state index in [2.05, 4.69) is 9.46 Å². The summed E-state index contributed by atoms with van der Waals surface area (Å²) in [7, 11) is -2.30. The first-order valence-electron chi connectivity index (χ1n) is 6.55. The Morgan fingerprint density at radius 1 is 1.33 bits per heavy atom. The number of hydrogen-bond donors (Lipinski definition) is 2. The third-order valence-corrected chi connectivity index (χ3v) is 4.78. The fraction of sp³-hybridized carbons (Fsp3) is 0.500. The second kappa shape index (κ2) is 7.02. The molecule has 1 aromatic rings. The number of hydrogen-bond acceptors (Lipinski definition) is 5. The molecule has 0 fully saturated rings. The van der Waals surface area contributed by atoms with Crippen LogP contribution >= 0.6 is 0 Å². The molecule has 6 nitrogen and oxygen atoms in total. The fourth-order valence-corrected chi connectivity index (χ4v) is 3.37. The Morgan fingerprint density at radius 2 is 1.90 bits per heavy atom. The van der Waals surface area contributed by atoms with Gasteiger partial charge in [-0.15, -0.1) is 0 Å².